The van der Waals surface area contributed by atoms with Crippen molar-refractivity contribution in [1.82, 2.24) is 0 Å². The van der Waals surface area contributed by atoms with Crippen molar-refractivity contribution in [1.29, 1.82) is 0 Å². The van der Waals surface area contributed by atoms with Gasteiger partial charge in [0.1, 0.15) is 0 Å². The highest BCUT2D eigenvalue weighted by atomic mass is 35.5. The molecule has 0 aromatic carbocycles. The molecule has 0 N–H and O–H groups in total. The summed E-state index contributed by atoms with van der Waals surface area (Å²) in [4.78, 5) is 0. The van der Waals surface area contributed by atoms with Crippen LogP contribution < -0.4 is 0 Å². The molecule has 0 unspecified atom stereocenters. The molecule has 0 aliphatic carbocycles. The van der Waals surface area contributed by atoms with Crippen LogP contribution in [0, 0.1) is 0 Å². The van der Waals surface area contributed by atoms with Crippen LogP contribution in [0.4, 0.5) is 0 Å². The molecular formula is C3H8ClO2P. The molecule has 0 aliphatic heterocycles. The average molecular weight is 143 g/mol. The lowest BCUT2D eigenvalue weighted by atomic mass is 11.8. The summed E-state index contributed by atoms with van der Waals surface area (Å²) >= 11 is 5.35. The van der Waals surface area contributed by atoms with Gasteiger partial charge in [0.15, 0.2) is 8.38 Å². The van der Waals surface area contributed by atoms with E-state index in [1.54, 1.807) is 14.2 Å². The molecule has 0 aromatic rings. The maximum atomic E-state index is 5.35. The Morgan fingerprint density at radius 3 is 1.86 bits per heavy atom. The predicted molar refractivity (Wildman–Crippen MR) is 31.7 cm³/mol. The van der Waals surface area contributed by atoms with Crippen LogP contribution in [-0.4, -0.2) is 19.8 Å². The van der Waals surface area contributed by atoms with E-state index in [9.17, 15) is 0 Å². The lowest BCUT2D eigenvalue weighted by molar-refractivity contribution is 0.344. The van der Waals surface area contributed by atoms with Gasteiger partial charge in [-0.3, -0.25) is 0 Å². The van der Waals surface area contributed by atoms with Gasteiger partial charge >= 0.3 is 0 Å². The number of rotatable bonds is 3. The van der Waals surface area contributed by atoms with Crippen molar-refractivity contribution in [2.24, 2.45) is 0 Å². The van der Waals surface area contributed by atoms with Gasteiger partial charge in [0.05, 0.1) is 5.62 Å². The molecule has 7 heavy (non-hydrogen) atoms. The molecule has 44 valence electrons. The highest BCUT2D eigenvalue weighted by molar-refractivity contribution is 7.49. The zero-order valence-corrected chi connectivity index (χ0v) is 6.00. The van der Waals surface area contributed by atoms with Crippen LogP contribution in [0.5, 0.6) is 0 Å². The third-order valence-corrected chi connectivity index (χ3v) is 2.10. The molecule has 0 aliphatic rings. The van der Waals surface area contributed by atoms with E-state index in [2.05, 4.69) is 0 Å². The summed E-state index contributed by atoms with van der Waals surface area (Å²) in [5, 5.41) is 0. The summed E-state index contributed by atoms with van der Waals surface area (Å²) in [6.45, 7) is 0. The fourth-order valence-electron chi connectivity index (χ4n) is 0.172. The molecule has 0 spiro atoms. The van der Waals surface area contributed by atoms with Crippen molar-refractivity contribution in [3.8, 4) is 0 Å². The van der Waals surface area contributed by atoms with Gasteiger partial charge in [-0.25, -0.2) is 0 Å². The van der Waals surface area contributed by atoms with E-state index < -0.39 is 8.38 Å². The van der Waals surface area contributed by atoms with E-state index in [0.29, 0.717) is 5.62 Å². The second-order valence-electron chi connectivity index (χ2n) is 0.817. The minimum absolute atomic E-state index is 0.447. The predicted octanol–water partition coefficient (Wildman–Crippen LogP) is 1.79. The van der Waals surface area contributed by atoms with Crippen LogP contribution in [0.3, 0.4) is 0 Å². The topological polar surface area (TPSA) is 18.5 Å². The fraction of sp³-hybridized carbons (Fsp3) is 1.00. The Hall–Kier alpha value is 0.640. The summed E-state index contributed by atoms with van der Waals surface area (Å²) in [6.07, 6.45) is 0. The van der Waals surface area contributed by atoms with Crippen LogP contribution in [0.2, 0.25) is 0 Å². The van der Waals surface area contributed by atoms with Crippen molar-refractivity contribution in [2.45, 2.75) is 0 Å². The lowest BCUT2D eigenvalue weighted by Gasteiger charge is -2.05. The van der Waals surface area contributed by atoms with Gasteiger partial charge in [-0.15, -0.1) is 11.6 Å². The first kappa shape index (κ1) is 7.64. The molecule has 0 fully saturated rings. The SMILES string of the molecule is COP(CCl)OC. The van der Waals surface area contributed by atoms with E-state index in [-0.39, 0.29) is 0 Å². The Morgan fingerprint density at radius 1 is 1.43 bits per heavy atom. The van der Waals surface area contributed by atoms with E-state index in [1.807, 2.05) is 0 Å². The number of alkyl halides is 1. The first-order valence-electron chi connectivity index (χ1n) is 1.77. The van der Waals surface area contributed by atoms with E-state index in [0.717, 1.165) is 0 Å². The van der Waals surface area contributed by atoms with E-state index in [4.69, 9.17) is 20.6 Å². The summed E-state index contributed by atoms with van der Waals surface area (Å²) in [7, 11) is 2.37. The largest absolute Gasteiger partial charge is 0.337 e. The molecule has 0 atom stereocenters. The fourth-order valence-corrected chi connectivity index (χ4v) is 1.10. The molecule has 0 saturated carbocycles. The average Bonchev–Trinajstić information content (AvgIpc) is 1.72. The molecule has 0 rings (SSSR count). The van der Waals surface area contributed by atoms with Gasteiger partial charge in [-0.1, -0.05) is 0 Å². The number of halogens is 1. The Morgan fingerprint density at radius 2 is 1.86 bits per heavy atom. The first-order valence-corrected chi connectivity index (χ1v) is 3.66. The summed E-state index contributed by atoms with van der Waals surface area (Å²) < 4.78 is 9.52. The highest BCUT2D eigenvalue weighted by Crippen LogP contribution is 2.36. The molecule has 0 saturated heterocycles. The van der Waals surface area contributed by atoms with Gasteiger partial charge in [0, 0.05) is 14.2 Å². The maximum Gasteiger partial charge on any atom is 0.185 e. The van der Waals surface area contributed by atoms with Crippen molar-refractivity contribution in [3.05, 3.63) is 0 Å². The minimum atomic E-state index is -0.789. The Bertz CT molecular complexity index is 34.4. The van der Waals surface area contributed by atoms with Crippen LogP contribution >= 0.6 is 20.0 Å². The molecule has 2 nitrogen and oxygen atoms in total. The molecule has 4 heteroatoms. The Labute approximate surface area is 49.7 Å². The maximum absolute atomic E-state index is 5.35. The quantitative estimate of drug-likeness (QED) is 0.442. The molecule has 0 radical (unpaired) electrons. The van der Waals surface area contributed by atoms with Crippen molar-refractivity contribution >= 4 is 20.0 Å². The molecule has 0 bridgehead atoms. The van der Waals surface area contributed by atoms with Crippen molar-refractivity contribution < 1.29 is 9.05 Å². The van der Waals surface area contributed by atoms with Gasteiger partial charge in [-0.2, -0.15) is 0 Å². The number of hydrogen-bond acceptors (Lipinski definition) is 2. The van der Waals surface area contributed by atoms with E-state index >= 15 is 0 Å². The van der Waals surface area contributed by atoms with Crippen molar-refractivity contribution in [2.75, 3.05) is 19.8 Å². The molecule has 0 amide bonds. The Kier molecular flexibility index (Phi) is 5.23. The molecule has 0 heterocycles. The van der Waals surface area contributed by atoms with Crippen LogP contribution in [-0.2, 0) is 9.05 Å². The van der Waals surface area contributed by atoms with E-state index in [1.165, 1.54) is 0 Å². The first-order chi connectivity index (χ1) is 3.35. The van der Waals surface area contributed by atoms with Crippen molar-refractivity contribution in [3.63, 3.8) is 0 Å². The van der Waals surface area contributed by atoms with Gasteiger partial charge in [0.25, 0.3) is 0 Å². The smallest absolute Gasteiger partial charge is 0.185 e. The lowest BCUT2D eigenvalue weighted by Crippen LogP contribution is -1.80. The second-order valence-corrected chi connectivity index (χ2v) is 3.17. The zero-order valence-electron chi connectivity index (χ0n) is 4.35. The number of hydrogen-bond donors (Lipinski definition) is 0. The molecule has 0 aromatic heterocycles. The van der Waals surface area contributed by atoms with Gasteiger partial charge in [-0.05, 0) is 0 Å². The normalized spacial score (nSPS) is 10.3. The van der Waals surface area contributed by atoms with Gasteiger partial charge < -0.3 is 9.05 Å². The van der Waals surface area contributed by atoms with Crippen LogP contribution in [0.25, 0.3) is 0 Å². The standard InChI is InChI=1S/C3H8ClO2P/c1-5-7(3-4)6-2/h3H2,1-2H3. The monoisotopic (exact) mass is 142 g/mol. The Balaban J connectivity index is 2.99. The summed E-state index contributed by atoms with van der Waals surface area (Å²) in [5.74, 6) is 0. The highest BCUT2D eigenvalue weighted by Gasteiger charge is 1.99. The third kappa shape index (κ3) is 3.24. The van der Waals surface area contributed by atoms with Crippen LogP contribution in [0.15, 0.2) is 0 Å². The summed E-state index contributed by atoms with van der Waals surface area (Å²) in [6, 6.07) is 0. The second kappa shape index (κ2) is 4.79. The van der Waals surface area contributed by atoms with Crippen LogP contribution in [0.1, 0.15) is 0 Å². The minimum Gasteiger partial charge on any atom is -0.337 e. The molecular weight excluding hydrogens is 134 g/mol. The van der Waals surface area contributed by atoms with Gasteiger partial charge in [0.2, 0.25) is 0 Å². The summed E-state index contributed by atoms with van der Waals surface area (Å²) in [5.41, 5.74) is 0.447. The zero-order chi connectivity index (χ0) is 5.70. The third-order valence-electron chi connectivity index (χ3n) is 0.505.